The summed E-state index contributed by atoms with van der Waals surface area (Å²) in [6.07, 6.45) is 11.6. The summed E-state index contributed by atoms with van der Waals surface area (Å²) in [6, 6.07) is 0. The number of carbonyl (C=O) groups excluding carboxylic acids is 4. The Hall–Kier alpha value is -2.28. The number of hydrogen-bond acceptors (Lipinski definition) is 12. The Morgan fingerprint density at radius 1 is 0.536 bits per heavy atom. The van der Waals surface area contributed by atoms with Crippen molar-refractivity contribution in [2.75, 3.05) is 20.3 Å². The fourth-order valence-corrected chi connectivity index (χ4v) is 9.86. The molecule has 0 saturated carbocycles. The zero-order valence-electron chi connectivity index (χ0n) is 37.6. The van der Waals surface area contributed by atoms with Crippen LogP contribution in [-0.2, 0) is 38.1 Å². The molecule has 0 amide bonds. The van der Waals surface area contributed by atoms with Crippen LogP contribution in [0.1, 0.15) is 186 Å². The second-order valence-electron chi connectivity index (χ2n) is 20.6. The number of aliphatic hydroxyl groups excluding tert-OH is 1. The van der Waals surface area contributed by atoms with Crippen LogP contribution in [0.3, 0.4) is 0 Å². The van der Waals surface area contributed by atoms with E-state index in [1.807, 2.05) is 0 Å². The number of aliphatic hydroxyl groups is 1. The molecule has 3 aliphatic heterocycles. The number of unbranched alkanes of at least 4 members (excludes halogenated alkanes) is 5. The molecule has 0 atom stereocenters. The van der Waals surface area contributed by atoms with Gasteiger partial charge < -0.3 is 34.7 Å². The van der Waals surface area contributed by atoms with Crippen molar-refractivity contribution >= 4 is 23.9 Å². The summed E-state index contributed by atoms with van der Waals surface area (Å²) >= 11 is 0. The summed E-state index contributed by atoms with van der Waals surface area (Å²) in [6.45, 7) is 26.6. The van der Waals surface area contributed by atoms with E-state index in [0.29, 0.717) is 32.2 Å². The SMILES string of the molecule is CC1(C)CC(OC(=O)CCCCCCCCC(=O)OC2CC(C)(C)NC(C)(C)C2)CC(C)(C)N1.COC(=O)CCC(=O)OCCN1C(C)(C)CC(O)CC1(C)C. The lowest BCUT2D eigenvalue weighted by molar-refractivity contribution is -0.154. The third-order valence-corrected chi connectivity index (χ3v) is 11.2. The van der Waals surface area contributed by atoms with Gasteiger partial charge in [0.2, 0.25) is 0 Å². The van der Waals surface area contributed by atoms with Gasteiger partial charge in [-0.15, -0.1) is 0 Å². The van der Waals surface area contributed by atoms with E-state index in [0.717, 1.165) is 64.2 Å². The number of ether oxygens (including phenoxy) is 4. The maximum atomic E-state index is 12.3. The van der Waals surface area contributed by atoms with Gasteiger partial charge in [0.15, 0.2) is 0 Å². The molecule has 0 radical (unpaired) electrons. The molecule has 0 spiro atoms. The minimum atomic E-state index is -0.413. The zero-order valence-corrected chi connectivity index (χ0v) is 37.6. The van der Waals surface area contributed by atoms with Crippen molar-refractivity contribution in [3.05, 3.63) is 0 Å². The van der Waals surface area contributed by atoms with Gasteiger partial charge in [0.25, 0.3) is 0 Å². The average Bonchev–Trinajstić information content (AvgIpc) is 2.98. The van der Waals surface area contributed by atoms with Crippen LogP contribution in [0.4, 0.5) is 0 Å². The number of rotatable bonds is 17. The quantitative estimate of drug-likeness (QED) is 0.0769. The third kappa shape index (κ3) is 19.0. The lowest BCUT2D eigenvalue weighted by atomic mass is 9.78. The van der Waals surface area contributed by atoms with Crippen LogP contribution in [0.2, 0.25) is 0 Å². The van der Waals surface area contributed by atoms with Crippen LogP contribution in [0.5, 0.6) is 0 Å². The number of carbonyl (C=O) groups is 4. The maximum absolute atomic E-state index is 12.3. The predicted molar refractivity (Wildman–Crippen MR) is 220 cm³/mol. The number of hydrogen-bond donors (Lipinski definition) is 3. The molecule has 0 unspecified atom stereocenters. The largest absolute Gasteiger partial charge is 0.469 e. The summed E-state index contributed by atoms with van der Waals surface area (Å²) in [5.41, 5.74) is -0.362. The van der Waals surface area contributed by atoms with Crippen molar-refractivity contribution in [2.24, 2.45) is 0 Å². The maximum Gasteiger partial charge on any atom is 0.306 e. The predicted octanol–water partition coefficient (Wildman–Crippen LogP) is 7.31. The van der Waals surface area contributed by atoms with Gasteiger partial charge in [-0.2, -0.15) is 0 Å². The summed E-state index contributed by atoms with van der Waals surface area (Å²) < 4.78 is 21.3. The molecule has 12 heteroatoms. The average molecular weight is 796 g/mol. The Labute approximate surface area is 339 Å². The van der Waals surface area contributed by atoms with E-state index < -0.39 is 11.9 Å². The van der Waals surface area contributed by atoms with Gasteiger partial charge in [-0.05, 0) is 109 Å². The van der Waals surface area contributed by atoms with E-state index in [4.69, 9.17) is 14.2 Å². The van der Waals surface area contributed by atoms with Crippen molar-refractivity contribution in [3.8, 4) is 0 Å². The van der Waals surface area contributed by atoms with Gasteiger partial charge in [-0.25, -0.2) is 0 Å². The van der Waals surface area contributed by atoms with Crippen LogP contribution in [-0.4, -0.2) is 106 Å². The standard InChI is InChI=1S/C28H52N2O4.C16H29NO5/c1-25(2)17-21(18-26(3,4)29-25)33-23(31)15-13-11-9-10-12-14-16-24(32)34-22-19-27(5,6)30-28(7,8)20-22;1-15(2)10-12(18)11-16(3,4)17(15)8-9-22-14(20)7-6-13(19)21-5/h21-22,29-30H,9-20H2,1-8H3;12,18H,6-11H2,1-5H3. The van der Waals surface area contributed by atoms with Crippen molar-refractivity contribution in [1.82, 2.24) is 15.5 Å². The first-order valence-electron chi connectivity index (χ1n) is 21.3. The van der Waals surface area contributed by atoms with Gasteiger partial charge >= 0.3 is 23.9 Å². The molecule has 3 rings (SSSR count). The van der Waals surface area contributed by atoms with Crippen molar-refractivity contribution in [1.29, 1.82) is 0 Å². The highest BCUT2D eigenvalue weighted by molar-refractivity contribution is 5.77. The van der Waals surface area contributed by atoms with Gasteiger partial charge in [0, 0.05) is 78.3 Å². The highest BCUT2D eigenvalue weighted by Gasteiger charge is 2.45. The highest BCUT2D eigenvalue weighted by Crippen LogP contribution is 2.38. The lowest BCUT2D eigenvalue weighted by Crippen LogP contribution is -2.62. The Kier molecular flexibility index (Phi) is 18.8. The molecule has 12 nitrogen and oxygen atoms in total. The Morgan fingerprint density at radius 3 is 1.27 bits per heavy atom. The smallest absolute Gasteiger partial charge is 0.306 e. The van der Waals surface area contributed by atoms with Crippen LogP contribution in [0, 0.1) is 0 Å². The molecular formula is C44H81N3O9. The van der Waals surface area contributed by atoms with Crippen LogP contribution >= 0.6 is 0 Å². The fraction of sp³-hybridized carbons (Fsp3) is 0.909. The van der Waals surface area contributed by atoms with E-state index in [2.05, 4.69) is 103 Å². The summed E-state index contributed by atoms with van der Waals surface area (Å²) in [5, 5.41) is 17.2. The van der Waals surface area contributed by atoms with E-state index in [-0.39, 0.29) is 82.9 Å². The van der Waals surface area contributed by atoms with Crippen molar-refractivity contribution in [2.45, 2.75) is 237 Å². The van der Waals surface area contributed by atoms with Gasteiger partial charge in [0.05, 0.1) is 26.1 Å². The van der Waals surface area contributed by atoms with Gasteiger partial charge in [-0.3, -0.25) is 24.1 Å². The second-order valence-corrected chi connectivity index (χ2v) is 20.6. The molecule has 0 aromatic rings. The first-order valence-corrected chi connectivity index (χ1v) is 21.3. The normalized spacial score (nSPS) is 22.9. The number of piperidine rings is 3. The molecule has 0 aromatic carbocycles. The molecule has 326 valence electrons. The van der Waals surface area contributed by atoms with E-state index in [9.17, 15) is 24.3 Å². The minimum absolute atomic E-state index is 0.000484. The van der Waals surface area contributed by atoms with E-state index in [1.54, 1.807) is 0 Å². The number of likely N-dealkylation sites (tertiary alicyclic amines) is 1. The molecule has 3 fully saturated rings. The second kappa shape index (κ2) is 21.1. The number of esters is 4. The van der Waals surface area contributed by atoms with E-state index >= 15 is 0 Å². The first kappa shape index (κ1) is 49.9. The van der Waals surface area contributed by atoms with Crippen molar-refractivity contribution in [3.63, 3.8) is 0 Å². The number of methoxy groups -OCH3 is 1. The fourth-order valence-electron chi connectivity index (χ4n) is 9.86. The van der Waals surface area contributed by atoms with Crippen LogP contribution < -0.4 is 10.6 Å². The van der Waals surface area contributed by atoms with E-state index in [1.165, 1.54) is 7.11 Å². The Morgan fingerprint density at radius 2 is 0.893 bits per heavy atom. The molecule has 56 heavy (non-hydrogen) atoms. The van der Waals surface area contributed by atoms with Crippen LogP contribution in [0.15, 0.2) is 0 Å². The lowest BCUT2D eigenvalue weighted by Gasteiger charge is -2.54. The summed E-state index contributed by atoms with van der Waals surface area (Å²) in [7, 11) is 1.29. The Bertz CT molecular complexity index is 1170. The molecular weight excluding hydrogens is 714 g/mol. The molecule has 3 aliphatic rings. The molecule has 3 N–H and O–H groups in total. The molecule has 0 aromatic heterocycles. The minimum Gasteiger partial charge on any atom is -0.469 e. The molecule has 3 heterocycles. The number of nitrogens with zero attached hydrogens (tertiary/aromatic N) is 1. The molecule has 3 saturated heterocycles. The van der Waals surface area contributed by atoms with Gasteiger partial charge in [-0.1, -0.05) is 25.7 Å². The Balaban J connectivity index is 0.000000425. The molecule has 0 aliphatic carbocycles. The monoisotopic (exact) mass is 796 g/mol. The zero-order chi connectivity index (χ0) is 42.6. The highest BCUT2D eigenvalue weighted by atomic mass is 16.6. The number of nitrogens with one attached hydrogen (secondary N) is 2. The summed E-state index contributed by atoms with van der Waals surface area (Å²) in [4.78, 5) is 49.4. The third-order valence-electron chi connectivity index (χ3n) is 11.2. The van der Waals surface area contributed by atoms with Crippen molar-refractivity contribution < 1.29 is 43.2 Å². The van der Waals surface area contributed by atoms with Gasteiger partial charge in [0.1, 0.15) is 18.8 Å². The topological polar surface area (TPSA) is 153 Å². The molecule has 0 bridgehead atoms. The first-order chi connectivity index (χ1) is 25.6. The summed E-state index contributed by atoms with van der Waals surface area (Å²) in [5.74, 6) is -0.932. The van der Waals surface area contributed by atoms with Crippen LogP contribution in [0.25, 0.3) is 0 Å².